The van der Waals surface area contributed by atoms with Gasteiger partial charge in [0.05, 0.1) is 5.70 Å². The van der Waals surface area contributed by atoms with Crippen LogP contribution in [0.1, 0.15) is 33.7 Å². The Morgan fingerprint density at radius 3 is 2.90 bits per heavy atom. The first-order chi connectivity index (χ1) is 14.7. The van der Waals surface area contributed by atoms with E-state index in [1.54, 1.807) is 23.7 Å². The summed E-state index contributed by atoms with van der Waals surface area (Å²) in [6.45, 7) is 2.06. The lowest BCUT2D eigenvalue weighted by Crippen LogP contribution is -2.32. The maximum absolute atomic E-state index is 14.1. The van der Waals surface area contributed by atoms with Gasteiger partial charge in [-0.1, -0.05) is 29.8 Å². The van der Waals surface area contributed by atoms with Gasteiger partial charge in [-0.05, 0) is 48.2 Å². The number of nitrogens with one attached hydrogen (secondary N) is 1. The molecule has 30 heavy (non-hydrogen) atoms. The second kappa shape index (κ2) is 6.53. The number of aryl methyl sites for hydroxylation is 1. The van der Waals surface area contributed by atoms with Crippen LogP contribution in [0.3, 0.4) is 0 Å². The van der Waals surface area contributed by atoms with Gasteiger partial charge in [0.2, 0.25) is 5.95 Å². The number of aromatic nitrogens is 3. The summed E-state index contributed by atoms with van der Waals surface area (Å²) < 4.78 is 22.5. The molecule has 6 rings (SSSR count). The molecular formula is C23H17FN4OS. The van der Waals surface area contributed by atoms with Gasteiger partial charge in [-0.3, -0.25) is 0 Å². The maximum atomic E-state index is 14.1. The third-order valence-electron chi connectivity index (χ3n) is 5.53. The SMILES string of the molecule is Cc1ccc2c(c1)C1=C([C@H](c3cccc(F)c3)O2)[C@H](c2cccs2)n2ncnc2N1. The number of hydrogen-bond donors (Lipinski definition) is 1. The molecule has 1 N–H and O–H groups in total. The fourth-order valence-corrected chi connectivity index (χ4v) is 5.08. The van der Waals surface area contributed by atoms with E-state index in [9.17, 15) is 4.39 Å². The molecule has 0 fully saturated rings. The molecule has 0 bridgehead atoms. The van der Waals surface area contributed by atoms with Crippen molar-refractivity contribution in [3.63, 3.8) is 0 Å². The minimum absolute atomic E-state index is 0.194. The van der Waals surface area contributed by atoms with Crippen molar-refractivity contribution in [2.24, 2.45) is 0 Å². The predicted molar refractivity (Wildman–Crippen MR) is 114 cm³/mol. The zero-order chi connectivity index (χ0) is 20.2. The Bertz CT molecular complexity index is 1290. The summed E-state index contributed by atoms with van der Waals surface area (Å²) in [6, 6.07) is 16.6. The van der Waals surface area contributed by atoms with Gasteiger partial charge in [0.15, 0.2) is 0 Å². The average Bonchev–Trinajstić information content (AvgIpc) is 3.44. The fraction of sp³-hybridized carbons (Fsp3) is 0.130. The highest BCUT2D eigenvalue weighted by molar-refractivity contribution is 7.10. The van der Waals surface area contributed by atoms with Gasteiger partial charge in [0, 0.05) is 16.0 Å². The van der Waals surface area contributed by atoms with Crippen LogP contribution in [0.4, 0.5) is 10.3 Å². The Balaban J connectivity index is 1.65. The lowest BCUT2D eigenvalue weighted by Gasteiger charge is -2.38. The van der Waals surface area contributed by atoms with E-state index in [2.05, 4.69) is 34.5 Å². The van der Waals surface area contributed by atoms with Gasteiger partial charge in [-0.15, -0.1) is 11.3 Å². The van der Waals surface area contributed by atoms with Gasteiger partial charge in [-0.2, -0.15) is 10.1 Å². The van der Waals surface area contributed by atoms with Crippen molar-refractivity contribution < 1.29 is 9.13 Å². The van der Waals surface area contributed by atoms with Crippen LogP contribution in [0.5, 0.6) is 5.75 Å². The smallest absolute Gasteiger partial charge is 0.226 e. The van der Waals surface area contributed by atoms with Crippen LogP contribution in [0.2, 0.25) is 0 Å². The van der Waals surface area contributed by atoms with E-state index in [1.165, 1.54) is 12.1 Å². The quantitative estimate of drug-likeness (QED) is 0.479. The number of benzene rings is 2. The number of ether oxygens (including phenoxy) is 1. The molecule has 0 aliphatic carbocycles. The van der Waals surface area contributed by atoms with Crippen LogP contribution >= 0.6 is 11.3 Å². The number of thiophene rings is 1. The van der Waals surface area contributed by atoms with Crippen LogP contribution in [0.25, 0.3) is 5.70 Å². The topological polar surface area (TPSA) is 52.0 Å². The normalized spacial score (nSPS) is 19.4. The number of nitrogens with zero attached hydrogens (tertiary/aromatic N) is 3. The van der Waals surface area contributed by atoms with Gasteiger partial charge in [-0.25, -0.2) is 9.07 Å². The zero-order valence-electron chi connectivity index (χ0n) is 16.0. The molecule has 7 heteroatoms. The number of fused-ring (bicyclic) bond motifs is 3. The van der Waals surface area contributed by atoms with Crippen molar-refractivity contribution in [3.8, 4) is 5.75 Å². The second-order valence-electron chi connectivity index (χ2n) is 7.45. The van der Waals surface area contributed by atoms with Crippen molar-refractivity contribution in [2.45, 2.75) is 19.1 Å². The van der Waals surface area contributed by atoms with Crippen molar-refractivity contribution >= 4 is 23.0 Å². The van der Waals surface area contributed by atoms with Crippen LogP contribution in [0, 0.1) is 12.7 Å². The van der Waals surface area contributed by atoms with Crippen LogP contribution in [0.15, 0.2) is 71.9 Å². The van der Waals surface area contributed by atoms with Gasteiger partial charge < -0.3 is 10.1 Å². The summed E-state index contributed by atoms with van der Waals surface area (Å²) in [7, 11) is 0. The average molecular weight is 416 g/mol. The summed E-state index contributed by atoms with van der Waals surface area (Å²) in [5.41, 5.74) is 4.83. The van der Waals surface area contributed by atoms with Crippen LogP contribution in [-0.2, 0) is 0 Å². The number of anilines is 1. The molecule has 4 heterocycles. The highest BCUT2D eigenvalue weighted by atomic mass is 32.1. The third-order valence-corrected chi connectivity index (χ3v) is 6.46. The molecule has 2 aromatic carbocycles. The molecule has 0 saturated heterocycles. The zero-order valence-corrected chi connectivity index (χ0v) is 16.9. The van der Waals surface area contributed by atoms with E-state index < -0.39 is 6.10 Å². The molecule has 0 amide bonds. The molecule has 2 aliphatic rings. The summed E-state index contributed by atoms with van der Waals surface area (Å²) >= 11 is 1.66. The van der Waals surface area contributed by atoms with Gasteiger partial charge in [0.25, 0.3) is 0 Å². The molecule has 0 radical (unpaired) electrons. The monoisotopic (exact) mass is 416 g/mol. The Kier molecular flexibility index (Phi) is 3.79. The highest BCUT2D eigenvalue weighted by Gasteiger charge is 2.41. The summed E-state index contributed by atoms with van der Waals surface area (Å²) in [5.74, 6) is 1.16. The molecule has 5 nitrogen and oxygen atoms in total. The first-order valence-electron chi connectivity index (χ1n) is 9.66. The Hall–Kier alpha value is -3.45. The third kappa shape index (κ3) is 2.59. The lowest BCUT2D eigenvalue weighted by molar-refractivity contribution is 0.223. The molecule has 0 unspecified atom stereocenters. The largest absolute Gasteiger partial charge is 0.480 e. The highest BCUT2D eigenvalue weighted by Crippen LogP contribution is 2.51. The minimum atomic E-state index is -0.456. The van der Waals surface area contributed by atoms with E-state index in [0.717, 1.165) is 38.6 Å². The van der Waals surface area contributed by atoms with E-state index in [4.69, 9.17) is 4.74 Å². The number of hydrogen-bond acceptors (Lipinski definition) is 5. The first kappa shape index (κ1) is 17.4. The van der Waals surface area contributed by atoms with Crippen molar-refractivity contribution in [2.75, 3.05) is 5.32 Å². The molecule has 2 aliphatic heterocycles. The second-order valence-corrected chi connectivity index (χ2v) is 8.43. The Labute approximate surface area is 176 Å². The molecule has 2 atom stereocenters. The number of halogens is 1. The van der Waals surface area contributed by atoms with Crippen LogP contribution in [-0.4, -0.2) is 14.8 Å². The summed E-state index contributed by atoms with van der Waals surface area (Å²) in [6.07, 6.45) is 1.10. The molecule has 148 valence electrons. The molecular weight excluding hydrogens is 399 g/mol. The molecule has 4 aromatic rings. The van der Waals surface area contributed by atoms with E-state index in [0.29, 0.717) is 5.95 Å². The van der Waals surface area contributed by atoms with E-state index >= 15 is 0 Å². The summed E-state index contributed by atoms with van der Waals surface area (Å²) in [4.78, 5) is 5.55. The standard InChI is InChI=1S/C23H17FN4OS/c1-13-7-8-17-16(10-13)20-19(22(29-17)14-4-2-5-15(24)11-14)21(18-6-3-9-30-18)28-23(27-20)25-12-26-28/h2-12,21-22H,1H3,(H,25,26,27)/t21-,22-/m0/s1. The first-order valence-corrected chi connectivity index (χ1v) is 10.5. The lowest BCUT2D eigenvalue weighted by atomic mass is 9.86. The van der Waals surface area contributed by atoms with Crippen molar-refractivity contribution in [3.05, 3.63) is 99.3 Å². The van der Waals surface area contributed by atoms with Gasteiger partial charge >= 0.3 is 0 Å². The van der Waals surface area contributed by atoms with Crippen LogP contribution < -0.4 is 10.1 Å². The van der Waals surface area contributed by atoms with E-state index in [-0.39, 0.29) is 11.9 Å². The van der Waals surface area contributed by atoms with Crippen molar-refractivity contribution in [1.29, 1.82) is 0 Å². The molecule has 2 aromatic heterocycles. The maximum Gasteiger partial charge on any atom is 0.226 e. The van der Waals surface area contributed by atoms with Crippen molar-refractivity contribution in [1.82, 2.24) is 14.8 Å². The van der Waals surface area contributed by atoms with Gasteiger partial charge in [0.1, 0.15) is 30.0 Å². The summed E-state index contributed by atoms with van der Waals surface area (Å²) in [5, 5.41) is 10.0. The molecule has 0 saturated carbocycles. The fourth-order valence-electron chi connectivity index (χ4n) is 4.25. The number of rotatable bonds is 2. The van der Waals surface area contributed by atoms with E-state index in [1.807, 2.05) is 34.3 Å². The predicted octanol–water partition coefficient (Wildman–Crippen LogP) is 5.35. The minimum Gasteiger partial charge on any atom is -0.480 e. The molecule has 0 spiro atoms. The Morgan fingerprint density at radius 2 is 2.07 bits per heavy atom. The Morgan fingerprint density at radius 1 is 1.13 bits per heavy atom.